The van der Waals surface area contributed by atoms with Gasteiger partial charge in [-0.15, -0.1) is 0 Å². The summed E-state index contributed by atoms with van der Waals surface area (Å²) in [6.45, 7) is 10.5. The Morgan fingerprint density at radius 1 is 1.67 bits per heavy atom. The van der Waals surface area contributed by atoms with E-state index in [-0.39, 0.29) is 0 Å². The van der Waals surface area contributed by atoms with Crippen LogP contribution in [0.25, 0.3) is 0 Å². The Kier molecular flexibility index (Phi) is 4.97. The van der Waals surface area contributed by atoms with Gasteiger partial charge in [0.2, 0.25) is 0 Å². The summed E-state index contributed by atoms with van der Waals surface area (Å²) in [7, 11) is 0. The fourth-order valence-corrected chi connectivity index (χ4v) is 2.26. The molecule has 1 rings (SSSR count). The van der Waals surface area contributed by atoms with Gasteiger partial charge in [0, 0.05) is 4.91 Å². The van der Waals surface area contributed by atoms with Crippen molar-refractivity contribution in [3.8, 4) is 0 Å². The molecule has 0 spiro atoms. The molecule has 0 aromatic carbocycles. The summed E-state index contributed by atoms with van der Waals surface area (Å²) in [5.41, 5.74) is 1.36. The quantitative estimate of drug-likeness (QED) is 0.637. The first-order valence-corrected chi connectivity index (χ1v) is 6.39. The summed E-state index contributed by atoms with van der Waals surface area (Å²) >= 11 is 1.80. The molecule has 0 aromatic rings. The maximum absolute atomic E-state index is 4.04. The topological polar surface area (TPSA) is 0 Å². The lowest BCUT2D eigenvalue weighted by Crippen LogP contribution is -1.95. The van der Waals surface area contributed by atoms with Crippen molar-refractivity contribution >= 4 is 11.8 Å². The Morgan fingerprint density at radius 2 is 2.40 bits per heavy atom. The summed E-state index contributed by atoms with van der Waals surface area (Å²) in [6, 6.07) is 0. The molecule has 0 saturated heterocycles. The van der Waals surface area contributed by atoms with Crippen LogP contribution >= 0.6 is 11.8 Å². The average Bonchev–Trinajstić information content (AvgIpc) is 2.27. The van der Waals surface area contributed by atoms with Gasteiger partial charge in [0.1, 0.15) is 0 Å². The second-order valence-corrected chi connectivity index (χ2v) is 5.10. The maximum Gasteiger partial charge on any atom is 0.0145 e. The lowest BCUT2D eigenvalue weighted by Gasteiger charge is -2.14. The predicted molar refractivity (Wildman–Crippen MR) is 71.8 cm³/mol. The standard InChI is InChI=1S/C14H20S/c1-5-12(4)15-14(6-2)13-9-7-11(3)8-10-13/h6-7,9-11H,4-5,8H2,1-3H3/b14-6-. The second-order valence-electron chi connectivity index (χ2n) is 3.88. The minimum absolute atomic E-state index is 0.686. The fourth-order valence-electron chi connectivity index (χ4n) is 1.42. The van der Waals surface area contributed by atoms with Crippen molar-refractivity contribution in [2.24, 2.45) is 5.92 Å². The fraction of sp³-hybridized carbons (Fsp3) is 0.429. The van der Waals surface area contributed by atoms with Crippen LogP contribution < -0.4 is 0 Å². The summed E-state index contributed by atoms with van der Waals surface area (Å²) < 4.78 is 0. The van der Waals surface area contributed by atoms with Gasteiger partial charge < -0.3 is 0 Å². The molecule has 0 aromatic heterocycles. The maximum atomic E-state index is 4.04. The second kappa shape index (κ2) is 6.02. The number of thioether (sulfide) groups is 1. The smallest absolute Gasteiger partial charge is 0.0145 e. The monoisotopic (exact) mass is 220 g/mol. The molecule has 1 unspecified atom stereocenters. The zero-order valence-corrected chi connectivity index (χ0v) is 10.7. The summed E-state index contributed by atoms with van der Waals surface area (Å²) in [5, 5.41) is 0. The first-order chi connectivity index (χ1) is 7.17. The van der Waals surface area contributed by atoms with E-state index in [1.165, 1.54) is 15.4 Å². The Labute approximate surface area is 97.8 Å². The number of rotatable bonds is 4. The third-order valence-corrected chi connectivity index (χ3v) is 3.78. The lowest BCUT2D eigenvalue weighted by molar-refractivity contribution is 0.733. The van der Waals surface area contributed by atoms with E-state index in [1.807, 2.05) is 0 Å². The molecule has 0 nitrogen and oxygen atoms in total. The number of hydrogen-bond acceptors (Lipinski definition) is 1. The van der Waals surface area contributed by atoms with Crippen molar-refractivity contribution in [2.75, 3.05) is 0 Å². The van der Waals surface area contributed by atoms with Gasteiger partial charge >= 0.3 is 0 Å². The van der Waals surface area contributed by atoms with Crippen LogP contribution in [0, 0.1) is 5.92 Å². The molecule has 1 atom stereocenters. The molecule has 82 valence electrons. The van der Waals surface area contributed by atoms with E-state index in [2.05, 4.69) is 51.7 Å². The summed E-state index contributed by atoms with van der Waals surface area (Å²) in [6.07, 6.45) is 11.2. The zero-order valence-electron chi connectivity index (χ0n) is 9.92. The van der Waals surface area contributed by atoms with Crippen molar-refractivity contribution in [1.29, 1.82) is 0 Å². The molecule has 15 heavy (non-hydrogen) atoms. The first kappa shape index (κ1) is 12.4. The zero-order chi connectivity index (χ0) is 11.3. The van der Waals surface area contributed by atoms with Gasteiger partial charge in [-0.3, -0.25) is 0 Å². The SMILES string of the molecule is C=C(CC)S/C(=C\C)C1=CCC(C)C=C1. The number of hydrogen-bond donors (Lipinski definition) is 0. The molecule has 0 N–H and O–H groups in total. The molecular weight excluding hydrogens is 200 g/mol. The Morgan fingerprint density at radius 3 is 2.87 bits per heavy atom. The van der Waals surface area contributed by atoms with Crippen molar-refractivity contribution in [3.05, 3.63) is 46.3 Å². The van der Waals surface area contributed by atoms with E-state index in [1.54, 1.807) is 11.8 Å². The van der Waals surface area contributed by atoms with Gasteiger partial charge in [-0.1, -0.05) is 56.5 Å². The molecule has 1 aliphatic carbocycles. The molecule has 0 radical (unpaired) electrons. The Balaban J connectivity index is 2.69. The van der Waals surface area contributed by atoms with Crippen molar-refractivity contribution in [2.45, 2.75) is 33.6 Å². The highest BCUT2D eigenvalue weighted by Crippen LogP contribution is 2.34. The van der Waals surface area contributed by atoms with Crippen molar-refractivity contribution in [1.82, 2.24) is 0 Å². The van der Waals surface area contributed by atoms with E-state index in [0.29, 0.717) is 5.92 Å². The van der Waals surface area contributed by atoms with Crippen molar-refractivity contribution < 1.29 is 0 Å². The summed E-state index contributed by atoms with van der Waals surface area (Å²) in [4.78, 5) is 2.57. The lowest BCUT2D eigenvalue weighted by atomic mass is 9.98. The third kappa shape index (κ3) is 3.75. The average molecular weight is 220 g/mol. The molecule has 1 heteroatoms. The molecule has 0 aliphatic heterocycles. The van der Waals surface area contributed by atoms with Crippen molar-refractivity contribution in [3.63, 3.8) is 0 Å². The molecule has 0 saturated carbocycles. The largest absolute Gasteiger partial charge is 0.0949 e. The third-order valence-electron chi connectivity index (χ3n) is 2.51. The van der Waals surface area contributed by atoms with E-state index in [0.717, 1.165) is 12.8 Å². The molecule has 0 fully saturated rings. The van der Waals surface area contributed by atoms with Crippen LogP contribution in [0.15, 0.2) is 46.3 Å². The van der Waals surface area contributed by atoms with Crippen LogP contribution in [0.5, 0.6) is 0 Å². The minimum atomic E-state index is 0.686. The summed E-state index contributed by atoms with van der Waals surface area (Å²) in [5.74, 6) is 0.686. The molecule has 0 bridgehead atoms. The van der Waals surface area contributed by atoms with Gasteiger partial charge in [-0.25, -0.2) is 0 Å². The van der Waals surface area contributed by atoms with Crippen LogP contribution in [0.2, 0.25) is 0 Å². The van der Waals surface area contributed by atoms with Crippen LogP contribution in [0.4, 0.5) is 0 Å². The Bertz CT molecular complexity index is 318. The van der Waals surface area contributed by atoms with E-state index in [4.69, 9.17) is 0 Å². The van der Waals surface area contributed by atoms with Crippen LogP contribution in [0.1, 0.15) is 33.6 Å². The highest BCUT2D eigenvalue weighted by molar-refractivity contribution is 8.06. The number of allylic oxidation sites excluding steroid dienone is 6. The van der Waals surface area contributed by atoms with Gasteiger partial charge in [-0.05, 0) is 36.2 Å². The highest BCUT2D eigenvalue weighted by Gasteiger charge is 2.08. The van der Waals surface area contributed by atoms with Gasteiger partial charge in [0.05, 0.1) is 0 Å². The van der Waals surface area contributed by atoms with Crippen LogP contribution in [-0.4, -0.2) is 0 Å². The van der Waals surface area contributed by atoms with Gasteiger partial charge in [0.25, 0.3) is 0 Å². The minimum Gasteiger partial charge on any atom is -0.0949 e. The van der Waals surface area contributed by atoms with Gasteiger partial charge in [0.15, 0.2) is 0 Å². The van der Waals surface area contributed by atoms with Crippen LogP contribution in [0.3, 0.4) is 0 Å². The molecular formula is C14H20S. The van der Waals surface area contributed by atoms with E-state index < -0.39 is 0 Å². The van der Waals surface area contributed by atoms with E-state index >= 15 is 0 Å². The van der Waals surface area contributed by atoms with Gasteiger partial charge in [-0.2, -0.15) is 0 Å². The first-order valence-electron chi connectivity index (χ1n) is 5.58. The molecule has 0 heterocycles. The molecule has 1 aliphatic rings. The normalized spacial score (nSPS) is 21.4. The Hall–Kier alpha value is -0.690. The molecule has 0 amide bonds. The predicted octanol–water partition coefficient (Wildman–Crippen LogP) is 5.07. The van der Waals surface area contributed by atoms with Crippen LogP contribution in [-0.2, 0) is 0 Å². The van der Waals surface area contributed by atoms with E-state index in [9.17, 15) is 0 Å². The highest BCUT2D eigenvalue weighted by atomic mass is 32.2.